The molecule has 2 N–H and O–H groups in total. The molecule has 4 nitrogen and oxygen atoms in total. The second-order valence-electron chi connectivity index (χ2n) is 2.35. The zero-order valence-corrected chi connectivity index (χ0v) is 6.76. The first-order chi connectivity index (χ1) is 5.09. The third-order valence-electron chi connectivity index (χ3n) is 1.31. The summed E-state index contributed by atoms with van der Waals surface area (Å²) < 4.78 is 0. The number of hydrogen-bond donors (Lipinski definition) is 2. The van der Waals surface area contributed by atoms with Crippen LogP contribution in [0.25, 0.3) is 0 Å². The smallest absolute Gasteiger partial charge is 0.315 e. The van der Waals surface area contributed by atoms with Gasteiger partial charge in [-0.05, 0) is 13.3 Å². The van der Waals surface area contributed by atoms with Crippen molar-refractivity contribution in [2.45, 2.75) is 20.3 Å². The minimum absolute atomic E-state index is 0.417. The van der Waals surface area contributed by atoms with Gasteiger partial charge in [0.2, 0.25) is 5.91 Å². The number of aliphatic carboxylic acids is 1. The summed E-state index contributed by atoms with van der Waals surface area (Å²) in [6.45, 7) is 3.81. The lowest BCUT2D eigenvalue weighted by atomic mass is 10.2. The first kappa shape index (κ1) is 9.94. The van der Waals surface area contributed by atoms with Gasteiger partial charge in [0.25, 0.3) is 0 Å². The molecular weight excluding hydrogens is 146 g/mol. The fraction of sp³-hybridized carbons (Fsp3) is 0.714. The van der Waals surface area contributed by atoms with Crippen LogP contribution in [0, 0.1) is 5.92 Å². The molecule has 1 amide bonds. The highest BCUT2D eigenvalue weighted by Gasteiger charge is 2.19. The molecule has 0 aromatic heterocycles. The fourth-order valence-electron chi connectivity index (χ4n) is 0.513. The maximum absolute atomic E-state index is 10.9. The maximum Gasteiger partial charge on any atom is 0.315 e. The molecule has 0 aliphatic carbocycles. The van der Waals surface area contributed by atoms with Crippen molar-refractivity contribution in [3.05, 3.63) is 0 Å². The molecule has 0 heterocycles. The molecule has 0 saturated heterocycles. The molecular formula is C7H13NO3. The van der Waals surface area contributed by atoms with Crippen LogP contribution in [0.1, 0.15) is 20.3 Å². The van der Waals surface area contributed by atoms with Gasteiger partial charge in [-0.2, -0.15) is 0 Å². The topological polar surface area (TPSA) is 66.4 Å². The molecule has 0 fully saturated rings. The Hall–Kier alpha value is -1.06. The zero-order chi connectivity index (χ0) is 8.85. The average Bonchev–Trinajstić information content (AvgIpc) is 1.98. The predicted octanol–water partition coefficient (Wildman–Crippen LogP) is 0.233. The van der Waals surface area contributed by atoms with Crippen molar-refractivity contribution in [2.75, 3.05) is 6.54 Å². The number of nitrogens with one attached hydrogen (secondary N) is 1. The van der Waals surface area contributed by atoms with Gasteiger partial charge in [-0.1, -0.05) is 6.92 Å². The normalized spacial score (nSPS) is 12.2. The molecule has 0 bridgehead atoms. The molecule has 0 spiro atoms. The van der Waals surface area contributed by atoms with Gasteiger partial charge < -0.3 is 10.4 Å². The summed E-state index contributed by atoms with van der Waals surface area (Å²) in [5.74, 6) is -2.44. The van der Waals surface area contributed by atoms with Gasteiger partial charge >= 0.3 is 5.97 Å². The van der Waals surface area contributed by atoms with Crippen molar-refractivity contribution in [1.82, 2.24) is 5.32 Å². The van der Waals surface area contributed by atoms with Crippen LogP contribution >= 0.6 is 0 Å². The van der Waals surface area contributed by atoms with E-state index in [9.17, 15) is 9.59 Å². The Labute approximate surface area is 65.6 Å². The zero-order valence-electron chi connectivity index (χ0n) is 6.76. The molecule has 0 aromatic carbocycles. The van der Waals surface area contributed by atoms with Crippen LogP contribution in [0.5, 0.6) is 0 Å². The van der Waals surface area contributed by atoms with Crippen LogP contribution in [0.3, 0.4) is 0 Å². The van der Waals surface area contributed by atoms with Crippen molar-refractivity contribution < 1.29 is 14.7 Å². The van der Waals surface area contributed by atoms with Crippen LogP contribution < -0.4 is 5.32 Å². The fourth-order valence-corrected chi connectivity index (χ4v) is 0.513. The lowest BCUT2D eigenvalue weighted by Crippen LogP contribution is -2.33. The Balaban J connectivity index is 3.74. The van der Waals surface area contributed by atoms with Crippen LogP contribution in [0.15, 0.2) is 0 Å². The monoisotopic (exact) mass is 159 g/mol. The molecule has 0 aliphatic heterocycles. The molecule has 0 aromatic rings. The van der Waals surface area contributed by atoms with Gasteiger partial charge in [-0.25, -0.2) is 0 Å². The summed E-state index contributed by atoms with van der Waals surface area (Å²) in [5.41, 5.74) is 0. The molecule has 1 atom stereocenters. The van der Waals surface area contributed by atoms with E-state index in [1.165, 1.54) is 6.92 Å². The van der Waals surface area contributed by atoms with E-state index in [-0.39, 0.29) is 0 Å². The van der Waals surface area contributed by atoms with Crippen molar-refractivity contribution in [1.29, 1.82) is 0 Å². The lowest BCUT2D eigenvalue weighted by molar-refractivity contribution is -0.146. The Bertz CT molecular complexity index is 156. The van der Waals surface area contributed by atoms with E-state index in [4.69, 9.17) is 5.11 Å². The molecule has 1 unspecified atom stereocenters. The Morgan fingerprint density at radius 2 is 2.09 bits per heavy atom. The van der Waals surface area contributed by atoms with Crippen LogP contribution in [0.2, 0.25) is 0 Å². The standard InChI is InChI=1S/C7H13NO3/c1-3-4-8-6(9)5(2)7(10)11/h5H,3-4H2,1-2H3,(H,8,9)(H,10,11). The van der Waals surface area contributed by atoms with E-state index >= 15 is 0 Å². The van der Waals surface area contributed by atoms with E-state index in [0.29, 0.717) is 6.54 Å². The van der Waals surface area contributed by atoms with Gasteiger partial charge in [0.1, 0.15) is 5.92 Å². The third kappa shape index (κ3) is 3.60. The van der Waals surface area contributed by atoms with E-state index in [1.807, 2.05) is 6.92 Å². The van der Waals surface area contributed by atoms with Crippen LogP contribution in [0.4, 0.5) is 0 Å². The van der Waals surface area contributed by atoms with Gasteiger partial charge in [-0.15, -0.1) is 0 Å². The molecule has 11 heavy (non-hydrogen) atoms. The minimum Gasteiger partial charge on any atom is -0.481 e. The van der Waals surface area contributed by atoms with Crippen LogP contribution in [-0.4, -0.2) is 23.5 Å². The summed E-state index contributed by atoms with van der Waals surface area (Å²) in [6, 6.07) is 0. The molecule has 0 saturated carbocycles. The summed E-state index contributed by atoms with van der Waals surface area (Å²) >= 11 is 0. The average molecular weight is 159 g/mol. The number of amides is 1. The number of hydrogen-bond acceptors (Lipinski definition) is 2. The summed E-state index contributed by atoms with van der Waals surface area (Å²) in [4.78, 5) is 21.1. The number of carbonyl (C=O) groups excluding carboxylic acids is 1. The van der Waals surface area contributed by atoms with Crippen molar-refractivity contribution in [2.24, 2.45) is 5.92 Å². The number of carbonyl (C=O) groups is 2. The van der Waals surface area contributed by atoms with E-state index in [0.717, 1.165) is 6.42 Å². The quantitative estimate of drug-likeness (QED) is 0.577. The first-order valence-corrected chi connectivity index (χ1v) is 3.60. The molecule has 64 valence electrons. The number of carboxylic acid groups (broad SMARTS) is 1. The molecule has 0 rings (SSSR count). The molecule has 0 radical (unpaired) electrons. The van der Waals surface area contributed by atoms with Crippen molar-refractivity contribution >= 4 is 11.9 Å². The SMILES string of the molecule is CCCNC(=O)C(C)C(=O)O. The predicted molar refractivity (Wildman–Crippen MR) is 40.1 cm³/mol. The second-order valence-corrected chi connectivity index (χ2v) is 2.35. The molecule has 0 aliphatic rings. The lowest BCUT2D eigenvalue weighted by Gasteiger charge is -2.05. The first-order valence-electron chi connectivity index (χ1n) is 3.60. The largest absolute Gasteiger partial charge is 0.481 e. The summed E-state index contributed by atoms with van der Waals surface area (Å²) in [5, 5.41) is 10.9. The third-order valence-corrected chi connectivity index (χ3v) is 1.31. The highest BCUT2D eigenvalue weighted by Crippen LogP contribution is 1.93. The molecule has 4 heteroatoms. The Kier molecular flexibility index (Phi) is 4.26. The van der Waals surface area contributed by atoms with Crippen molar-refractivity contribution in [3.63, 3.8) is 0 Å². The number of rotatable bonds is 4. The van der Waals surface area contributed by atoms with E-state index < -0.39 is 17.8 Å². The second kappa shape index (κ2) is 4.71. The van der Waals surface area contributed by atoms with Gasteiger partial charge in [0.15, 0.2) is 0 Å². The van der Waals surface area contributed by atoms with Crippen molar-refractivity contribution in [3.8, 4) is 0 Å². The van der Waals surface area contributed by atoms with E-state index in [1.54, 1.807) is 0 Å². The van der Waals surface area contributed by atoms with Crippen LogP contribution in [-0.2, 0) is 9.59 Å². The highest BCUT2D eigenvalue weighted by molar-refractivity contribution is 5.96. The van der Waals surface area contributed by atoms with E-state index in [2.05, 4.69) is 5.32 Å². The maximum atomic E-state index is 10.9. The minimum atomic E-state index is -1.08. The Morgan fingerprint density at radius 1 is 1.55 bits per heavy atom. The summed E-state index contributed by atoms with van der Waals surface area (Å²) in [6.07, 6.45) is 0.818. The Morgan fingerprint density at radius 3 is 2.45 bits per heavy atom. The van der Waals surface area contributed by atoms with Gasteiger partial charge in [-0.3, -0.25) is 9.59 Å². The van der Waals surface area contributed by atoms with Gasteiger partial charge in [0, 0.05) is 6.54 Å². The summed E-state index contributed by atoms with van der Waals surface area (Å²) in [7, 11) is 0. The highest BCUT2D eigenvalue weighted by atomic mass is 16.4. The number of carboxylic acids is 1. The van der Waals surface area contributed by atoms with Gasteiger partial charge in [0.05, 0.1) is 0 Å².